The first-order valence-electron chi connectivity index (χ1n) is 13.3. The molecule has 42 heavy (non-hydrogen) atoms. The molecule has 5 aromatic rings. The predicted molar refractivity (Wildman–Crippen MR) is 163 cm³/mol. The molecule has 1 N–H and O–H groups in total. The number of nitrogens with zero attached hydrogens (tertiary/aromatic N) is 8. The minimum atomic E-state index is -0.355. The molecule has 0 atom stereocenters. The summed E-state index contributed by atoms with van der Waals surface area (Å²) in [6.07, 6.45) is 4.72. The molecule has 0 saturated carbocycles. The number of hydrogen-bond donors (Lipinski definition) is 1. The topological polar surface area (TPSA) is 115 Å². The van der Waals surface area contributed by atoms with Gasteiger partial charge >= 0.3 is 0 Å². The zero-order valence-electron chi connectivity index (χ0n) is 22.9. The van der Waals surface area contributed by atoms with E-state index >= 15 is 0 Å². The van der Waals surface area contributed by atoms with Crippen LogP contribution in [-0.2, 0) is 6.54 Å². The van der Waals surface area contributed by atoms with Gasteiger partial charge in [-0.2, -0.15) is 4.98 Å². The summed E-state index contributed by atoms with van der Waals surface area (Å²) in [6, 6.07) is 16.5. The Labute approximate surface area is 245 Å². The van der Waals surface area contributed by atoms with Crippen LogP contribution in [0.2, 0.25) is 0 Å². The van der Waals surface area contributed by atoms with Crippen LogP contribution in [0.25, 0.3) is 22.7 Å². The first-order chi connectivity index (χ1) is 20.5. The van der Waals surface area contributed by atoms with Crippen molar-refractivity contribution in [3.8, 4) is 17.4 Å². The van der Waals surface area contributed by atoms with Crippen molar-refractivity contribution in [1.82, 2.24) is 33.3 Å². The Bertz CT molecular complexity index is 1870. The van der Waals surface area contributed by atoms with Gasteiger partial charge in [-0.3, -0.25) is 14.2 Å². The number of methoxy groups -OCH3 is 1. The number of pyridine rings is 2. The Kier molecular flexibility index (Phi) is 7.46. The molecule has 1 aliphatic rings. The number of ether oxygens (including phenoxy) is 1. The van der Waals surface area contributed by atoms with Crippen LogP contribution in [0.5, 0.6) is 5.75 Å². The molecule has 1 fully saturated rings. The maximum atomic E-state index is 13.4. The number of benzene rings is 1. The summed E-state index contributed by atoms with van der Waals surface area (Å²) in [4.78, 5) is 42.3. The first kappa shape index (κ1) is 27.2. The first-order valence-corrected chi connectivity index (χ1v) is 13.7. The number of allylic oxidation sites excluding steroid dienone is 1. The Morgan fingerprint density at radius 3 is 2.48 bits per heavy atom. The average Bonchev–Trinajstić information content (AvgIpc) is 3.28. The van der Waals surface area contributed by atoms with E-state index in [0.717, 1.165) is 37.6 Å². The Morgan fingerprint density at radius 1 is 0.976 bits per heavy atom. The quantitative estimate of drug-likeness (QED) is 0.216. The molecular weight excluding hydrogens is 558 g/mol. The van der Waals surface area contributed by atoms with Gasteiger partial charge in [0.2, 0.25) is 5.95 Å². The molecular formula is C29H28ClN9O3. The summed E-state index contributed by atoms with van der Waals surface area (Å²) < 4.78 is 11.4. The van der Waals surface area contributed by atoms with Gasteiger partial charge in [0.15, 0.2) is 17.2 Å². The molecule has 12 nitrogen and oxygen atoms in total. The van der Waals surface area contributed by atoms with Crippen molar-refractivity contribution in [3.63, 3.8) is 0 Å². The van der Waals surface area contributed by atoms with Crippen molar-refractivity contribution in [2.75, 3.05) is 43.5 Å². The van der Waals surface area contributed by atoms with E-state index in [0.29, 0.717) is 28.6 Å². The third-order valence-electron chi connectivity index (χ3n) is 7.01. The van der Waals surface area contributed by atoms with Gasteiger partial charge in [0, 0.05) is 49.9 Å². The molecule has 0 unspecified atom stereocenters. The van der Waals surface area contributed by atoms with Gasteiger partial charge in [-0.1, -0.05) is 12.1 Å². The van der Waals surface area contributed by atoms with E-state index in [1.165, 1.54) is 22.6 Å². The molecule has 1 aliphatic heterocycles. The van der Waals surface area contributed by atoms with Crippen molar-refractivity contribution in [1.29, 1.82) is 0 Å². The molecule has 0 spiro atoms. The summed E-state index contributed by atoms with van der Waals surface area (Å²) in [5.41, 5.74) is 1.62. The van der Waals surface area contributed by atoms with Crippen LogP contribution in [0.4, 0.5) is 17.3 Å². The van der Waals surface area contributed by atoms with Crippen molar-refractivity contribution < 1.29 is 4.74 Å². The Balaban J connectivity index is 1.37. The third-order valence-corrected chi connectivity index (χ3v) is 7.35. The lowest BCUT2D eigenvalue weighted by Gasteiger charge is -2.32. The summed E-state index contributed by atoms with van der Waals surface area (Å²) in [6.45, 7) is 7.33. The molecule has 13 heteroatoms. The average molecular weight is 586 g/mol. The van der Waals surface area contributed by atoms with Crippen molar-refractivity contribution in [3.05, 3.63) is 100 Å². The van der Waals surface area contributed by atoms with Crippen LogP contribution in [0.1, 0.15) is 0 Å². The van der Waals surface area contributed by atoms with Crippen LogP contribution in [0.3, 0.4) is 0 Å². The van der Waals surface area contributed by atoms with Crippen LogP contribution in [0, 0.1) is 0 Å². The highest BCUT2D eigenvalue weighted by Gasteiger charge is 2.19. The fraction of sp³-hybridized carbons (Fsp3) is 0.207. The second kappa shape index (κ2) is 11.5. The zero-order chi connectivity index (χ0) is 29.2. The molecule has 0 amide bonds. The zero-order valence-corrected chi connectivity index (χ0v) is 23.6. The lowest BCUT2D eigenvalue weighted by molar-refractivity contribution is 0.406. The number of halogens is 1. The van der Waals surface area contributed by atoms with E-state index in [-0.39, 0.29) is 23.4 Å². The van der Waals surface area contributed by atoms with Crippen molar-refractivity contribution in [2.24, 2.45) is 0 Å². The third kappa shape index (κ3) is 5.13. The molecule has 0 bridgehead atoms. The maximum absolute atomic E-state index is 13.4. The molecule has 214 valence electrons. The standard InChI is InChI=1S/C29H28ClN9O3/c1-3-13-38-27(40)22-19-31-29(32-20-9-11-21(12-10-20)35-15-17-36(30)18-16-35)34-26(22)39(38)25-8-4-7-24(33-25)37-14-5-6-23(42-2)28(37)41/h3-12,14,19H,1,13,15-18H2,2H3,(H,31,32,34). The van der Waals surface area contributed by atoms with Crippen LogP contribution >= 0.6 is 11.8 Å². The molecule has 0 radical (unpaired) electrons. The van der Waals surface area contributed by atoms with Crippen molar-refractivity contribution >= 4 is 40.1 Å². The van der Waals surface area contributed by atoms with Gasteiger partial charge in [-0.25, -0.2) is 23.8 Å². The highest BCUT2D eigenvalue weighted by molar-refractivity contribution is 6.13. The number of aromatic nitrogens is 6. The number of nitrogens with one attached hydrogen (secondary N) is 1. The van der Waals surface area contributed by atoms with E-state index in [9.17, 15) is 9.59 Å². The number of hydrogen-bond acceptors (Lipinski definition) is 9. The van der Waals surface area contributed by atoms with Gasteiger partial charge in [0.05, 0.1) is 13.7 Å². The number of piperazine rings is 1. The van der Waals surface area contributed by atoms with E-state index in [1.54, 1.807) is 51.7 Å². The van der Waals surface area contributed by atoms with E-state index in [1.807, 2.05) is 24.3 Å². The van der Waals surface area contributed by atoms with Gasteiger partial charge in [-0.15, -0.1) is 6.58 Å². The second-order valence-corrected chi connectivity index (χ2v) is 10.1. The lowest BCUT2D eigenvalue weighted by Crippen LogP contribution is -2.42. The van der Waals surface area contributed by atoms with Crippen molar-refractivity contribution in [2.45, 2.75) is 6.54 Å². The molecule has 1 saturated heterocycles. The molecule has 6 rings (SSSR count). The molecule has 0 aliphatic carbocycles. The Morgan fingerprint density at radius 2 is 1.74 bits per heavy atom. The largest absolute Gasteiger partial charge is 0.491 e. The maximum Gasteiger partial charge on any atom is 0.298 e. The number of anilines is 3. The van der Waals surface area contributed by atoms with Crippen LogP contribution < -0.4 is 26.1 Å². The van der Waals surface area contributed by atoms with Crippen LogP contribution in [-0.4, -0.2) is 66.6 Å². The molecule has 5 heterocycles. The second-order valence-electron chi connectivity index (χ2n) is 9.59. The van der Waals surface area contributed by atoms with Gasteiger partial charge < -0.3 is 15.0 Å². The SMILES string of the molecule is C=CCn1c(=O)c2cnc(Nc3ccc(N4CCN(Cl)CC4)cc3)nc2n1-c1cccc(-n2cccc(OC)c2=O)n1. The summed E-state index contributed by atoms with van der Waals surface area (Å²) in [5.74, 6) is 1.25. The van der Waals surface area contributed by atoms with Gasteiger partial charge in [0.25, 0.3) is 11.1 Å². The minimum Gasteiger partial charge on any atom is -0.491 e. The fourth-order valence-electron chi connectivity index (χ4n) is 4.91. The normalized spacial score (nSPS) is 13.8. The predicted octanol–water partition coefficient (Wildman–Crippen LogP) is 3.34. The number of rotatable bonds is 8. The Hall–Kier alpha value is -4.94. The summed E-state index contributed by atoms with van der Waals surface area (Å²) >= 11 is 6.09. The van der Waals surface area contributed by atoms with E-state index in [4.69, 9.17) is 26.5 Å². The van der Waals surface area contributed by atoms with Crippen LogP contribution in [0.15, 0.2) is 89.2 Å². The smallest absolute Gasteiger partial charge is 0.298 e. The minimum absolute atomic E-state index is 0.189. The molecule has 1 aromatic carbocycles. The fourth-order valence-corrected chi connectivity index (χ4v) is 5.06. The molecule has 4 aromatic heterocycles. The van der Waals surface area contributed by atoms with E-state index < -0.39 is 0 Å². The number of fused-ring (bicyclic) bond motifs is 1. The van der Waals surface area contributed by atoms with Gasteiger partial charge in [0.1, 0.15) is 11.2 Å². The monoisotopic (exact) mass is 585 g/mol. The summed E-state index contributed by atoms with van der Waals surface area (Å²) in [5, 5.41) is 3.56. The van der Waals surface area contributed by atoms with E-state index in [2.05, 4.69) is 21.8 Å². The highest BCUT2D eigenvalue weighted by Crippen LogP contribution is 2.23. The van der Waals surface area contributed by atoms with Gasteiger partial charge in [-0.05, 0) is 60.3 Å². The summed E-state index contributed by atoms with van der Waals surface area (Å²) in [7, 11) is 1.44. The highest BCUT2D eigenvalue weighted by atomic mass is 35.5. The lowest BCUT2D eigenvalue weighted by atomic mass is 10.2.